The number of rotatable bonds is 6. The van der Waals surface area contributed by atoms with E-state index in [4.69, 9.17) is 9.72 Å². The van der Waals surface area contributed by atoms with Crippen molar-refractivity contribution in [3.63, 3.8) is 0 Å². The van der Waals surface area contributed by atoms with Crippen LogP contribution in [0.25, 0.3) is 0 Å². The smallest absolute Gasteiger partial charge is 0.0674 e. The van der Waals surface area contributed by atoms with Gasteiger partial charge < -0.3 is 10.1 Å². The van der Waals surface area contributed by atoms with Crippen molar-refractivity contribution in [2.45, 2.75) is 45.9 Å². The summed E-state index contributed by atoms with van der Waals surface area (Å²) >= 11 is 0. The number of ether oxygens (including phenoxy) is 1. The van der Waals surface area contributed by atoms with Gasteiger partial charge in [0.25, 0.3) is 0 Å². The molecule has 1 aliphatic heterocycles. The van der Waals surface area contributed by atoms with Crippen LogP contribution in [-0.2, 0) is 17.8 Å². The zero-order valence-electron chi connectivity index (χ0n) is 12.8. The number of nitrogens with one attached hydrogen (secondary N) is 1. The predicted octanol–water partition coefficient (Wildman–Crippen LogP) is 2.19. The highest BCUT2D eigenvalue weighted by atomic mass is 16.5. The summed E-state index contributed by atoms with van der Waals surface area (Å²) in [7, 11) is 0. The maximum atomic E-state index is 5.69. The SMILES string of the molecule is CCCNCc1cccc(CN2CCCOC(C)C2)n1. The summed E-state index contributed by atoms with van der Waals surface area (Å²) in [6.45, 7) is 10.1. The summed E-state index contributed by atoms with van der Waals surface area (Å²) in [5, 5.41) is 3.40. The molecule has 0 bridgehead atoms. The lowest BCUT2D eigenvalue weighted by atomic mass is 10.2. The molecule has 0 aromatic carbocycles. The molecule has 1 fully saturated rings. The normalized spacial score (nSPS) is 20.8. The first-order chi connectivity index (χ1) is 9.78. The molecule has 1 unspecified atom stereocenters. The highest BCUT2D eigenvalue weighted by Crippen LogP contribution is 2.10. The average molecular weight is 277 g/mol. The largest absolute Gasteiger partial charge is 0.377 e. The van der Waals surface area contributed by atoms with Gasteiger partial charge in [0.15, 0.2) is 0 Å². The molecule has 1 atom stereocenters. The average Bonchev–Trinajstić information content (AvgIpc) is 2.64. The number of aromatic nitrogens is 1. The van der Waals surface area contributed by atoms with Gasteiger partial charge in [0, 0.05) is 32.8 Å². The quantitative estimate of drug-likeness (QED) is 0.809. The molecule has 0 amide bonds. The molecule has 112 valence electrons. The standard InChI is InChI=1S/C16H27N3O/c1-3-8-17-11-15-6-4-7-16(18-15)13-19-9-5-10-20-14(2)12-19/h4,6-7,14,17H,3,5,8-13H2,1-2H3. The molecule has 1 aliphatic rings. The van der Waals surface area contributed by atoms with E-state index >= 15 is 0 Å². The second-order valence-electron chi connectivity index (χ2n) is 5.57. The molecular formula is C16H27N3O. The van der Waals surface area contributed by atoms with Gasteiger partial charge in [0.2, 0.25) is 0 Å². The third kappa shape index (κ3) is 5.19. The van der Waals surface area contributed by atoms with Gasteiger partial charge in [0.1, 0.15) is 0 Å². The van der Waals surface area contributed by atoms with Gasteiger partial charge in [-0.1, -0.05) is 13.0 Å². The summed E-state index contributed by atoms with van der Waals surface area (Å²) in [5.41, 5.74) is 2.30. The summed E-state index contributed by atoms with van der Waals surface area (Å²) < 4.78 is 5.69. The van der Waals surface area contributed by atoms with E-state index in [1.54, 1.807) is 0 Å². The second kappa shape index (κ2) is 8.35. The minimum absolute atomic E-state index is 0.326. The summed E-state index contributed by atoms with van der Waals surface area (Å²) in [6.07, 6.45) is 2.60. The van der Waals surface area contributed by atoms with E-state index < -0.39 is 0 Å². The van der Waals surface area contributed by atoms with Crippen molar-refractivity contribution in [2.24, 2.45) is 0 Å². The van der Waals surface area contributed by atoms with Crippen molar-refractivity contribution in [1.29, 1.82) is 0 Å². The monoisotopic (exact) mass is 277 g/mol. The van der Waals surface area contributed by atoms with Crippen molar-refractivity contribution in [1.82, 2.24) is 15.2 Å². The Hall–Kier alpha value is -0.970. The molecule has 0 spiro atoms. The maximum Gasteiger partial charge on any atom is 0.0674 e. The molecule has 1 N–H and O–H groups in total. The lowest BCUT2D eigenvalue weighted by molar-refractivity contribution is 0.0666. The first-order valence-corrected chi connectivity index (χ1v) is 7.77. The van der Waals surface area contributed by atoms with Crippen LogP contribution in [0.15, 0.2) is 18.2 Å². The Bertz CT molecular complexity index is 397. The fourth-order valence-corrected chi connectivity index (χ4v) is 2.56. The Balaban J connectivity index is 1.89. The Morgan fingerprint density at radius 2 is 2.25 bits per heavy atom. The molecule has 0 saturated carbocycles. The fraction of sp³-hybridized carbons (Fsp3) is 0.688. The van der Waals surface area contributed by atoms with Crippen molar-refractivity contribution < 1.29 is 4.74 Å². The molecule has 2 rings (SSSR count). The molecular weight excluding hydrogens is 250 g/mol. The third-order valence-corrected chi connectivity index (χ3v) is 3.52. The van der Waals surface area contributed by atoms with E-state index in [0.29, 0.717) is 6.10 Å². The fourth-order valence-electron chi connectivity index (χ4n) is 2.56. The van der Waals surface area contributed by atoms with Crippen LogP contribution in [0.1, 0.15) is 38.1 Å². The van der Waals surface area contributed by atoms with Crippen LogP contribution in [0.3, 0.4) is 0 Å². The number of pyridine rings is 1. The molecule has 0 aliphatic carbocycles. The first kappa shape index (κ1) is 15.4. The lowest BCUT2D eigenvalue weighted by Gasteiger charge is -2.21. The zero-order chi connectivity index (χ0) is 14.2. The zero-order valence-corrected chi connectivity index (χ0v) is 12.8. The van der Waals surface area contributed by atoms with E-state index in [-0.39, 0.29) is 0 Å². The summed E-state index contributed by atoms with van der Waals surface area (Å²) in [5.74, 6) is 0. The minimum Gasteiger partial charge on any atom is -0.377 e. The van der Waals surface area contributed by atoms with Gasteiger partial charge in [-0.15, -0.1) is 0 Å². The van der Waals surface area contributed by atoms with Crippen LogP contribution in [0.5, 0.6) is 0 Å². The van der Waals surface area contributed by atoms with E-state index in [9.17, 15) is 0 Å². The molecule has 0 radical (unpaired) electrons. The molecule has 2 heterocycles. The molecule has 1 saturated heterocycles. The predicted molar refractivity (Wildman–Crippen MR) is 81.5 cm³/mol. The highest BCUT2D eigenvalue weighted by Gasteiger charge is 2.15. The van der Waals surface area contributed by atoms with Gasteiger partial charge in [-0.2, -0.15) is 0 Å². The van der Waals surface area contributed by atoms with Crippen LogP contribution >= 0.6 is 0 Å². The first-order valence-electron chi connectivity index (χ1n) is 7.77. The van der Waals surface area contributed by atoms with Gasteiger partial charge in [-0.3, -0.25) is 9.88 Å². The number of hydrogen-bond acceptors (Lipinski definition) is 4. The van der Waals surface area contributed by atoms with Gasteiger partial charge in [-0.05, 0) is 38.4 Å². The van der Waals surface area contributed by atoms with Crippen LogP contribution in [-0.4, -0.2) is 42.2 Å². The van der Waals surface area contributed by atoms with Gasteiger partial charge in [-0.25, -0.2) is 0 Å². The van der Waals surface area contributed by atoms with E-state index in [1.807, 2.05) is 0 Å². The van der Waals surface area contributed by atoms with Crippen LogP contribution < -0.4 is 5.32 Å². The Morgan fingerprint density at radius 3 is 3.10 bits per heavy atom. The Kier molecular flexibility index (Phi) is 6.43. The van der Waals surface area contributed by atoms with Crippen molar-refractivity contribution in [3.05, 3.63) is 29.6 Å². The van der Waals surface area contributed by atoms with Gasteiger partial charge in [0.05, 0.1) is 17.5 Å². The molecule has 1 aromatic rings. The van der Waals surface area contributed by atoms with Crippen molar-refractivity contribution in [3.8, 4) is 0 Å². The minimum atomic E-state index is 0.326. The van der Waals surface area contributed by atoms with E-state index in [1.165, 1.54) is 0 Å². The second-order valence-corrected chi connectivity index (χ2v) is 5.57. The van der Waals surface area contributed by atoms with E-state index in [2.05, 4.69) is 42.3 Å². The van der Waals surface area contributed by atoms with Crippen LogP contribution in [0.2, 0.25) is 0 Å². The lowest BCUT2D eigenvalue weighted by Crippen LogP contribution is -2.30. The van der Waals surface area contributed by atoms with Crippen molar-refractivity contribution >= 4 is 0 Å². The third-order valence-electron chi connectivity index (χ3n) is 3.52. The Labute approximate surface area is 122 Å². The highest BCUT2D eigenvalue weighted by molar-refractivity contribution is 5.11. The maximum absolute atomic E-state index is 5.69. The molecule has 20 heavy (non-hydrogen) atoms. The molecule has 4 nitrogen and oxygen atoms in total. The van der Waals surface area contributed by atoms with Crippen LogP contribution in [0, 0.1) is 0 Å². The molecule has 1 aromatic heterocycles. The molecule has 4 heteroatoms. The summed E-state index contributed by atoms with van der Waals surface area (Å²) in [6, 6.07) is 6.34. The number of hydrogen-bond donors (Lipinski definition) is 1. The van der Waals surface area contributed by atoms with Crippen LogP contribution in [0.4, 0.5) is 0 Å². The topological polar surface area (TPSA) is 37.4 Å². The number of nitrogens with zero attached hydrogens (tertiary/aromatic N) is 2. The summed E-state index contributed by atoms with van der Waals surface area (Å²) in [4.78, 5) is 7.20. The van der Waals surface area contributed by atoms with Crippen molar-refractivity contribution in [2.75, 3.05) is 26.2 Å². The van der Waals surface area contributed by atoms with Gasteiger partial charge >= 0.3 is 0 Å². The van der Waals surface area contributed by atoms with E-state index in [0.717, 1.165) is 63.6 Å². The Morgan fingerprint density at radius 1 is 1.40 bits per heavy atom.